The summed E-state index contributed by atoms with van der Waals surface area (Å²) in [4.78, 5) is 17.3. The van der Waals surface area contributed by atoms with Gasteiger partial charge < -0.3 is 4.57 Å². The number of rotatable bonds is 2. The molecular weight excluding hydrogens is 311 g/mol. The molecule has 23 heavy (non-hydrogen) atoms. The number of fused-ring (bicyclic) bond motifs is 1. The average molecular weight is 328 g/mol. The van der Waals surface area contributed by atoms with Crippen LogP contribution in [0.3, 0.4) is 0 Å². The lowest BCUT2D eigenvalue weighted by molar-refractivity contribution is 0.0998. The van der Waals surface area contributed by atoms with Gasteiger partial charge in [0, 0.05) is 12.1 Å². The van der Waals surface area contributed by atoms with Gasteiger partial charge in [-0.05, 0) is 62.2 Å². The topological polar surface area (TPSA) is 34.4 Å². The summed E-state index contributed by atoms with van der Waals surface area (Å²) in [6, 6.07) is 9.71. The molecule has 1 amide bonds. The molecule has 118 valence electrons. The van der Waals surface area contributed by atoms with Crippen LogP contribution >= 0.6 is 11.3 Å². The van der Waals surface area contributed by atoms with E-state index in [-0.39, 0.29) is 11.7 Å². The molecule has 3 aromatic rings. The standard InChI is InChI=1S/C18H17FN2OS/c1-4-21-15-10-11(2)9-12(3)16(15)23-18(21)20-17(22)13-5-7-14(19)8-6-13/h5-10H,4H2,1-3H3. The van der Waals surface area contributed by atoms with Crippen molar-refractivity contribution in [3.63, 3.8) is 0 Å². The van der Waals surface area contributed by atoms with Gasteiger partial charge in [0.1, 0.15) is 5.82 Å². The second-order valence-corrected chi connectivity index (χ2v) is 6.46. The van der Waals surface area contributed by atoms with Crippen molar-refractivity contribution in [2.24, 2.45) is 4.99 Å². The molecule has 0 fully saturated rings. The van der Waals surface area contributed by atoms with E-state index in [9.17, 15) is 9.18 Å². The van der Waals surface area contributed by atoms with Crippen LogP contribution < -0.4 is 4.80 Å². The van der Waals surface area contributed by atoms with Crippen LogP contribution in [0.2, 0.25) is 0 Å². The summed E-state index contributed by atoms with van der Waals surface area (Å²) < 4.78 is 16.2. The summed E-state index contributed by atoms with van der Waals surface area (Å²) in [5, 5.41) is 0. The van der Waals surface area contributed by atoms with Gasteiger partial charge in [-0.1, -0.05) is 17.4 Å². The van der Waals surface area contributed by atoms with E-state index in [0.29, 0.717) is 10.4 Å². The summed E-state index contributed by atoms with van der Waals surface area (Å²) in [6.45, 7) is 6.89. The van der Waals surface area contributed by atoms with Crippen LogP contribution in [0.4, 0.5) is 4.39 Å². The minimum absolute atomic E-state index is 0.354. The molecule has 2 aromatic carbocycles. The fraction of sp³-hybridized carbons (Fsp3) is 0.222. The van der Waals surface area contributed by atoms with Gasteiger partial charge in [0.25, 0.3) is 5.91 Å². The molecule has 0 radical (unpaired) electrons. The normalized spacial score (nSPS) is 12.1. The molecule has 0 aliphatic rings. The Kier molecular flexibility index (Phi) is 4.13. The number of amides is 1. The van der Waals surface area contributed by atoms with Crippen LogP contribution in [0.15, 0.2) is 41.4 Å². The highest BCUT2D eigenvalue weighted by molar-refractivity contribution is 7.16. The van der Waals surface area contributed by atoms with E-state index in [2.05, 4.69) is 31.0 Å². The Morgan fingerprint density at radius 1 is 1.22 bits per heavy atom. The maximum Gasteiger partial charge on any atom is 0.279 e. The number of thiazole rings is 1. The summed E-state index contributed by atoms with van der Waals surface area (Å²) in [7, 11) is 0. The Morgan fingerprint density at radius 3 is 2.57 bits per heavy atom. The Labute approximate surface area is 137 Å². The average Bonchev–Trinajstić information content (AvgIpc) is 2.85. The molecule has 0 spiro atoms. The van der Waals surface area contributed by atoms with Crippen molar-refractivity contribution in [2.45, 2.75) is 27.3 Å². The number of nitrogens with zero attached hydrogens (tertiary/aromatic N) is 2. The molecule has 0 unspecified atom stereocenters. The molecule has 0 atom stereocenters. The van der Waals surface area contributed by atoms with E-state index in [1.807, 2.05) is 11.5 Å². The molecular formula is C18H17FN2OS. The maximum absolute atomic E-state index is 13.0. The zero-order valence-electron chi connectivity index (χ0n) is 13.3. The van der Waals surface area contributed by atoms with E-state index in [1.165, 1.54) is 46.7 Å². The second kappa shape index (κ2) is 6.08. The van der Waals surface area contributed by atoms with Crippen molar-refractivity contribution >= 4 is 27.5 Å². The first-order valence-electron chi connectivity index (χ1n) is 7.45. The number of halogens is 1. The van der Waals surface area contributed by atoms with Crippen LogP contribution in [0.5, 0.6) is 0 Å². The lowest BCUT2D eigenvalue weighted by atomic mass is 10.1. The Balaban J connectivity index is 2.17. The van der Waals surface area contributed by atoms with Crippen molar-refractivity contribution in [1.29, 1.82) is 0 Å². The molecule has 0 saturated heterocycles. The number of benzene rings is 2. The van der Waals surface area contributed by atoms with Gasteiger partial charge in [0.15, 0.2) is 4.80 Å². The van der Waals surface area contributed by atoms with E-state index in [4.69, 9.17) is 0 Å². The molecule has 0 aliphatic carbocycles. The minimum Gasteiger partial charge on any atom is -0.317 e. The van der Waals surface area contributed by atoms with Crippen molar-refractivity contribution in [3.05, 3.63) is 63.7 Å². The van der Waals surface area contributed by atoms with Gasteiger partial charge in [0.05, 0.1) is 10.2 Å². The first-order chi connectivity index (χ1) is 11.0. The maximum atomic E-state index is 13.0. The lowest BCUT2D eigenvalue weighted by Gasteiger charge is -2.03. The van der Waals surface area contributed by atoms with Crippen LogP contribution in [-0.4, -0.2) is 10.5 Å². The van der Waals surface area contributed by atoms with Gasteiger partial charge >= 0.3 is 0 Å². The van der Waals surface area contributed by atoms with Crippen LogP contribution in [0.1, 0.15) is 28.4 Å². The number of carbonyl (C=O) groups excluding carboxylic acids is 1. The van der Waals surface area contributed by atoms with Crippen molar-refractivity contribution < 1.29 is 9.18 Å². The highest BCUT2D eigenvalue weighted by Crippen LogP contribution is 2.23. The summed E-state index contributed by atoms with van der Waals surface area (Å²) in [5.41, 5.74) is 3.86. The third-order valence-corrected chi connectivity index (χ3v) is 4.95. The van der Waals surface area contributed by atoms with Gasteiger partial charge in [-0.25, -0.2) is 4.39 Å². The highest BCUT2D eigenvalue weighted by Gasteiger charge is 2.10. The Hall–Kier alpha value is -2.27. The Morgan fingerprint density at radius 2 is 1.91 bits per heavy atom. The number of hydrogen-bond acceptors (Lipinski definition) is 2. The second-order valence-electron chi connectivity index (χ2n) is 5.48. The molecule has 0 saturated carbocycles. The molecule has 0 N–H and O–H groups in total. The zero-order chi connectivity index (χ0) is 16.6. The molecule has 0 aliphatic heterocycles. The lowest BCUT2D eigenvalue weighted by Crippen LogP contribution is -2.15. The molecule has 3 rings (SSSR count). The van der Waals surface area contributed by atoms with Gasteiger partial charge in [-0.3, -0.25) is 4.79 Å². The molecule has 1 aromatic heterocycles. The minimum atomic E-state index is -0.363. The highest BCUT2D eigenvalue weighted by atomic mass is 32.1. The van der Waals surface area contributed by atoms with Crippen LogP contribution in [0, 0.1) is 19.7 Å². The molecule has 3 nitrogen and oxygen atoms in total. The zero-order valence-corrected chi connectivity index (χ0v) is 14.1. The van der Waals surface area contributed by atoms with Crippen LogP contribution in [-0.2, 0) is 6.54 Å². The summed E-state index contributed by atoms with van der Waals surface area (Å²) in [6.07, 6.45) is 0. The first kappa shape index (κ1) is 15.6. The third-order valence-electron chi connectivity index (χ3n) is 3.72. The number of aryl methyl sites for hydroxylation is 3. The number of carbonyl (C=O) groups is 1. The number of hydrogen-bond donors (Lipinski definition) is 0. The quantitative estimate of drug-likeness (QED) is 0.693. The largest absolute Gasteiger partial charge is 0.317 e. The summed E-state index contributed by atoms with van der Waals surface area (Å²) >= 11 is 1.51. The molecule has 5 heteroatoms. The molecule has 0 bridgehead atoms. The van der Waals surface area contributed by atoms with Crippen molar-refractivity contribution in [1.82, 2.24) is 4.57 Å². The fourth-order valence-electron chi connectivity index (χ4n) is 2.65. The number of aromatic nitrogens is 1. The molecule has 1 heterocycles. The predicted octanol–water partition coefficient (Wildman–Crippen LogP) is 4.22. The Bertz CT molecular complexity index is 952. The summed E-state index contributed by atoms with van der Waals surface area (Å²) in [5.74, 6) is -0.716. The third kappa shape index (κ3) is 2.97. The van der Waals surface area contributed by atoms with Crippen molar-refractivity contribution in [2.75, 3.05) is 0 Å². The monoisotopic (exact) mass is 328 g/mol. The van der Waals surface area contributed by atoms with Gasteiger partial charge in [0.2, 0.25) is 0 Å². The van der Waals surface area contributed by atoms with Crippen molar-refractivity contribution in [3.8, 4) is 0 Å². The van der Waals surface area contributed by atoms with Gasteiger partial charge in [-0.2, -0.15) is 4.99 Å². The van der Waals surface area contributed by atoms with Crippen LogP contribution in [0.25, 0.3) is 10.2 Å². The first-order valence-corrected chi connectivity index (χ1v) is 8.26. The van der Waals surface area contributed by atoms with E-state index < -0.39 is 0 Å². The van der Waals surface area contributed by atoms with E-state index in [1.54, 1.807) is 0 Å². The fourth-order valence-corrected chi connectivity index (χ4v) is 3.79. The SMILES string of the molecule is CCn1c(=NC(=O)c2ccc(F)cc2)sc2c(C)cc(C)cc21. The van der Waals surface area contributed by atoms with Gasteiger partial charge in [-0.15, -0.1) is 0 Å². The smallest absolute Gasteiger partial charge is 0.279 e. The van der Waals surface area contributed by atoms with E-state index >= 15 is 0 Å². The predicted molar refractivity (Wildman–Crippen MR) is 91.3 cm³/mol. The van der Waals surface area contributed by atoms with E-state index in [0.717, 1.165) is 16.8 Å².